The van der Waals surface area contributed by atoms with Crippen LogP contribution in [0.5, 0.6) is 0 Å². The van der Waals surface area contributed by atoms with Crippen molar-refractivity contribution in [1.29, 1.82) is 0 Å². The number of benzene rings is 2. The Morgan fingerprint density at radius 3 is 2.26 bits per heavy atom. The molecule has 34 heavy (non-hydrogen) atoms. The number of hydrogen-bond donors (Lipinski definition) is 1. The maximum absolute atomic E-state index is 12.9. The van der Waals surface area contributed by atoms with Gasteiger partial charge in [-0.3, -0.25) is 9.59 Å². The number of carbonyl (C=O) groups is 3. The quantitative estimate of drug-likeness (QED) is 0.308. The second-order valence-electron chi connectivity index (χ2n) is 8.17. The topological polar surface area (TPSA) is 90.9 Å². The van der Waals surface area contributed by atoms with Crippen molar-refractivity contribution in [2.75, 3.05) is 6.54 Å². The van der Waals surface area contributed by atoms with E-state index in [1.165, 1.54) is 0 Å². The smallest absolute Gasteiger partial charge is 0.410 e. The molecule has 8 heteroatoms. The lowest BCUT2D eigenvalue weighted by Gasteiger charge is -2.22. The van der Waals surface area contributed by atoms with Crippen LogP contribution >= 0.6 is 11.6 Å². The van der Waals surface area contributed by atoms with Gasteiger partial charge in [0.05, 0.1) is 5.92 Å². The van der Waals surface area contributed by atoms with Crippen LogP contribution in [0.2, 0.25) is 5.02 Å². The van der Waals surface area contributed by atoms with E-state index in [1.54, 1.807) is 38.1 Å². The van der Waals surface area contributed by atoms with E-state index in [-0.39, 0.29) is 31.9 Å². The molecule has 0 spiro atoms. The number of nitrogens with one attached hydrogen (secondary N) is 1. The molecule has 0 bridgehead atoms. The van der Waals surface area contributed by atoms with Gasteiger partial charge in [0.2, 0.25) is 0 Å². The molecule has 0 aliphatic carbocycles. The van der Waals surface area contributed by atoms with Crippen molar-refractivity contribution in [2.24, 2.45) is 5.92 Å². The molecule has 1 N–H and O–H groups in total. The Morgan fingerprint density at radius 2 is 1.65 bits per heavy atom. The van der Waals surface area contributed by atoms with Gasteiger partial charge in [0.1, 0.15) is 6.61 Å². The van der Waals surface area contributed by atoms with Crippen LogP contribution in [0.3, 0.4) is 0 Å². The van der Waals surface area contributed by atoms with Gasteiger partial charge < -0.3 is 19.5 Å². The van der Waals surface area contributed by atoms with Gasteiger partial charge >= 0.3 is 18.0 Å². The Kier molecular flexibility index (Phi) is 11.4. The summed E-state index contributed by atoms with van der Waals surface area (Å²) in [5, 5.41) is 3.18. The minimum Gasteiger partial charge on any atom is -0.460 e. The number of alkyl carbamates (subject to hydrolysis) is 1. The SMILES string of the molecule is CCCC(=O)OC(OC(=O)NCCC(C(=O)OCc1ccccc1)c1ccc(Cl)cc1)C(C)C. The molecule has 0 aromatic heterocycles. The molecule has 2 unspecified atom stereocenters. The Bertz CT molecular complexity index is 917. The van der Waals surface area contributed by atoms with Gasteiger partial charge in [-0.1, -0.05) is 74.8 Å². The van der Waals surface area contributed by atoms with Gasteiger partial charge in [-0.25, -0.2) is 4.79 Å². The summed E-state index contributed by atoms with van der Waals surface area (Å²) in [5.74, 6) is -1.64. The monoisotopic (exact) mass is 489 g/mol. The third-order valence-corrected chi connectivity index (χ3v) is 5.20. The second kappa shape index (κ2) is 14.3. The average molecular weight is 490 g/mol. The molecule has 2 aromatic carbocycles. The van der Waals surface area contributed by atoms with Crippen molar-refractivity contribution < 1.29 is 28.6 Å². The third kappa shape index (κ3) is 9.43. The summed E-state index contributed by atoms with van der Waals surface area (Å²) in [5.41, 5.74) is 1.61. The number of ether oxygens (including phenoxy) is 3. The number of halogens is 1. The lowest BCUT2D eigenvalue weighted by atomic mass is 9.96. The fourth-order valence-electron chi connectivity index (χ4n) is 3.10. The number of rotatable bonds is 12. The van der Waals surface area contributed by atoms with E-state index >= 15 is 0 Å². The summed E-state index contributed by atoms with van der Waals surface area (Å²) in [7, 11) is 0. The predicted octanol–water partition coefficient (Wildman–Crippen LogP) is 5.61. The first-order valence-corrected chi connectivity index (χ1v) is 11.8. The second-order valence-corrected chi connectivity index (χ2v) is 8.61. The molecule has 2 rings (SSSR count). The van der Waals surface area contributed by atoms with Crippen LogP contribution < -0.4 is 5.32 Å². The Hall–Kier alpha value is -3.06. The highest BCUT2D eigenvalue weighted by Gasteiger charge is 2.25. The number of carbonyl (C=O) groups excluding carboxylic acids is 3. The van der Waals surface area contributed by atoms with Gasteiger partial charge in [0.25, 0.3) is 6.29 Å². The van der Waals surface area contributed by atoms with Crippen molar-refractivity contribution in [3.05, 3.63) is 70.7 Å². The molecule has 0 fully saturated rings. The highest BCUT2D eigenvalue weighted by molar-refractivity contribution is 6.30. The summed E-state index contributed by atoms with van der Waals surface area (Å²) in [6.45, 7) is 5.74. The van der Waals surface area contributed by atoms with Crippen LogP contribution in [0.15, 0.2) is 54.6 Å². The van der Waals surface area contributed by atoms with Crippen molar-refractivity contribution in [1.82, 2.24) is 5.32 Å². The van der Waals surface area contributed by atoms with E-state index in [0.29, 0.717) is 11.4 Å². The molecular formula is C26H32ClNO6. The molecule has 0 saturated carbocycles. The molecule has 2 aromatic rings. The molecular weight excluding hydrogens is 458 g/mol. The first kappa shape index (κ1) is 27.2. The predicted molar refractivity (Wildman–Crippen MR) is 129 cm³/mol. The number of amides is 1. The summed E-state index contributed by atoms with van der Waals surface area (Å²) in [6, 6.07) is 16.3. The first-order valence-electron chi connectivity index (χ1n) is 11.4. The lowest BCUT2D eigenvalue weighted by molar-refractivity contribution is -0.175. The van der Waals surface area contributed by atoms with Crippen molar-refractivity contribution >= 4 is 29.6 Å². The molecule has 1 amide bonds. The zero-order valence-corrected chi connectivity index (χ0v) is 20.5. The first-order chi connectivity index (χ1) is 16.3. The van der Waals surface area contributed by atoms with Crippen LogP contribution in [0.25, 0.3) is 0 Å². The van der Waals surface area contributed by atoms with Crippen LogP contribution in [0.1, 0.15) is 57.1 Å². The molecule has 0 aliphatic heterocycles. The molecule has 184 valence electrons. The van der Waals surface area contributed by atoms with Gasteiger partial charge in [0.15, 0.2) is 0 Å². The number of hydrogen-bond acceptors (Lipinski definition) is 6. The van der Waals surface area contributed by atoms with Crippen molar-refractivity contribution in [2.45, 2.75) is 58.8 Å². The van der Waals surface area contributed by atoms with Gasteiger partial charge in [-0.05, 0) is 36.1 Å². The highest BCUT2D eigenvalue weighted by atomic mass is 35.5. The third-order valence-electron chi connectivity index (χ3n) is 4.95. The van der Waals surface area contributed by atoms with E-state index < -0.39 is 30.2 Å². The van der Waals surface area contributed by atoms with Crippen LogP contribution in [0.4, 0.5) is 4.79 Å². The minimum absolute atomic E-state index is 0.151. The Morgan fingerprint density at radius 1 is 0.971 bits per heavy atom. The summed E-state index contributed by atoms with van der Waals surface area (Å²) in [4.78, 5) is 36.9. The number of esters is 2. The van der Waals surface area contributed by atoms with Gasteiger partial charge in [-0.15, -0.1) is 0 Å². The van der Waals surface area contributed by atoms with Crippen LogP contribution in [0, 0.1) is 5.92 Å². The molecule has 2 atom stereocenters. The van der Waals surface area contributed by atoms with E-state index in [0.717, 1.165) is 11.1 Å². The van der Waals surface area contributed by atoms with Crippen molar-refractivity contribution in [3.8, 4) is 0 Å². The fourth-order valence-corrected chi connectivity index (χ4v) is 3.23. The normalized spacial score (nSPS) is 12.5. The Balaban J connectivity index is 1.95. The summed E-state index contributed by atoms with van der Waals surface area (Å²) >= 11 is 5.99. The fraction of sp³-hybridized carbons (Fsp3) is 0.423. The lowest BCUT2D eigenvalue weighted by Crippen LogP contribution is -2.35. The zero-order valence-electron chi connectivity index (χ0n) is 19.8. The zero-order chi connectivity index (χ0) is 24.9. The Labute approximate surface area is 205 Å². The largest absolute Gasteiger partial charge is 0.460 e. The van der Waals surface area contributed by atoms with Gasteiger partial charge in [-0.2, -0.15) is 0 Å². The van der Waals surface area contributed by atoms with Gasteiger partial charge in [0, 0.05) is 23.9 Å². The molecule has 7 nitrogen and oxygen atoms in total. The van der Waals surface area contributed by atoms with E-state index in [4.69, 9.17) is 25.8 Å². The van der Waals surface area contributed by atoms with E-state index in [2.05, 4.69) is 5.32 Å². The summed E-state index contributed by atoms with van der Waals surface area (Å²) < 4.78 is 16.0. The molecule has 0 radical (unpaired) electrons. The van der Waals surface area contributed by atoms with Crippen LogP contribution in [-0.4, -0.2) is 30.9 Å². The molecule has 0 heterocycles. The highest BCUT2D eigenvalue weighted by Crippen LogP contribution is 2.24. The molecule has 0 saturated heterocycles. The molecule has 0 aliphatic rings. The van der Waals surface area contributed by atoms with E-state index in [9.17, 15) is 14.4 Å². The maximum atomic E-state index is 12.9. The average Bonchev–Trinajstić information content (AvgIpc) is 2.81. The maximum Gasteiger partial charge on any atom is 0.410 e. The standard InChI is InChI=1S/C26H32ClNO6/c1-4-8-23(29)33-25(18(2)3)34-26(31)28-16-15-22(20-11-13-21(27)14-12-20)24(30)32-17-19-9-6-5-7-10-19/h5-7,9-14,18,22,25H,4,8,15-17H2,1-3H3,(H,28,31). The van der Waals surface area contributed by atoms with E-state index in [1.807, 2.05) is 37.3 Å². The summed E-state index contributed by atoms with van der Waals surface area (Å²) in [6.07, 6.45) is -0.533. The van der Waals surface area contributed by atoms with Crippen LogP contribution in [-0.2, 0) is 30.4 Å². The minimum atomic E-state index is -0.984. The van der Waals surface area contributed by atoms with Crippen molar-refractivity contribution in [3.63, 3.8) is 0 Å².